The van der Waals surface area contributed by atoms with Gasteiger partial charge in [-0.2, -0.15) is 4.72 Å². The first-order chi connectivity index (χ1) is 11.7. The molecule has 0 aliphatic carbocycles. The molecule has 7 heteroatoms. The molecule has 0 fully saturated rings. The van der Waals surface area contributed by atoms with Gasteiger partial charge in [-0.1, -0.05) is 17.7 Å². The number of aryl methyl sites for hydroxylation is 3. The van der Waals surface area contributed by atoms with E-state index in [0.717, 1.165) is 5.56 Å². The summed E-state index contributed by atoms with van der Waals surface area (Å²) < 4.78 is 37.4. The highest BCUT2D eigenvalue weighted by Gasteiger charge is 2.20. The number of rotatable bonds is 6. The molecule has 0 spiro atoms. The summed E-state index contributed by atoms with van der Waals surface area (Å²) in [6, 6.07) is 10.1. The van der Waals surface area contributed by atoms with E-state index < -0.39 is 22.5 Å². The van der Waals surface area contributed by atoms with E-state index >= 15 is 0 Å². The summed E-state index contributed by atoms with van der Waals surface area (Å²) in [4.78, 5) is 12.0. The molecule has 0 saturated heterocycles. The second kappa shape index (κ2) is 7.67. The van der Waals surface area contributed by atoms with Crippen LogP contribution in [-0.2, 0) is 14.8 Å². The SMILES string of the molecule is COc1cc(C)c(S(=O)(=O)NCC(=O)Oc2ccc(C)cc2)cc1C. The van der Waals surface area contributed by atoms with Crippen LogP contribution in [0.5, 0.6) is 11.5 Å². The van der Waals surface area contributed by atoms with E-state index in [0.29, 0.717) is 22.6 Å². The van der Waals surface area contributed by atoms with Gasteiger partial charge >= 0.3 is 5.97 Å². The number of esters is 1. The number of carbonyl (C=O) groups excluding carboxylic acids is 1. The van der Waals surface area contributed by atoms with Gasteiger partial charge in [0.2, 0.25) is 10.0 Å². The van der Waals surface area contributed by atoms with Crippen molar-refractivity contribution in [3.05, 3.63) is 53.1 Å². The number of carbonyl (C=O) groups is 1. The van der Waals surface area contributed by atoms with Crippen molar-refractivity contribution in [3.63, 3.8) is 0 Å². The van der Waals surface area contributed by atoms with Crippen LogP contribution in [0.3, 0.4) is 0 Å². The monoisotopic (exact) mass is 363 g/mol. The van der Waals surface area contributed by atoms with Crippen molar-refractivity contribution in [2.24, 2.45) is 0 Å². The largest absolute Gasteiger partial charge is 0.496 e. The van der Waals surface area contributed by atoms with E-state index in [1.54, 1.807) is 44.2 Å². The summed E-state index contributed by atoms with van der Waals surface area (Å²) in [6.07, 6.45) is 0. The Balaban J connectivity index is 2.07. The fourth-order valence-electron chi connectivity index (χ4n) is 2.28. The van der Waals surface area contributed by atoms with Gasteiger partial charge in [0.05, 0.1) is 12.0 Å². The van der Waals surface area contributed by atoms with Crippen LogP contribution in [0.15, 0.2) is 41.3 Å². The smallest absolute Gasteiger partial charge is 0.326 e. The fraction of sp³-hybridized carbons (Fsp3) is 0.278. The summed E-state index contributed by atoms with van der Waals surface area (Å²) >= 11 is 0. The molecule has 6 nitrogen and oxygen atoms in total. The zero-order chi connectivity index (χ0) is 18.6. The van der Waals surface area contributed by atoms with Crippen molar-refractivity contribution >= 4 is 16.0 Å². The maximum atomic E-state index is 12.4. The average molecular weight is 363 g/mol. The summed E-state index contributed by atoms with van der Waals surface area (Å²) in [6.45, 7) is 4.88. The molecule has 2 aromatic carbocycles. The quantitative estimate of drug-likeness (QED) is 0.630. The predicted octanol–water partition coefficient (Wildman–Crippen LogP) is 2.50. The van der Waals surface area contributed by atoms with Crippen molar-refractivity contribution < 1.29 is 22.7 Å². The van der Waals surface area contributed by atoms with Crippen LogP contribution in [-0.4, -0.2) is 28.0 Å². The van der Waals surface area contributed by atoms with Crippen LogP contribution in [0.2, 0.25) is 0 Å². The minimum absolute atomic E-state index is 0.105. The molecule has 2 aromatic rings. The van der Waals surface area contributed by atoms with Crippen molar-refractivity contribution in [2.45, 2.75) is 25.7 Å². The van der Waals surface area contributed by atoms with E-state index in [9.17, 15) is 13.2 Å². The third-order valence-electron chi connectivity index (χ3n) is 3.64. The zero-order valence-electron chi connectivity index (χ0n) is 14.6. The highest BCUT2D eigenvalue weighted by Crippen LogP contribution is 2.25. The van der Waals surface area contributed by atoms with Crippen molar-refractivity contribution in [1.82, 2.24) is 4.72 Å². The van der Waals surface area contributed by atoms with Gasteiger partial charge < -0.3 is 9.47 Å². The third-order valence-corrected chi connectivity index (χ3v) is 5.18. The number of benzene rings is 2. The summed E-state index contributed by atoms with van der Waals surface area (Å²) in [5.41, 5.74) is 2.25. The molecule has 0 saturated carbocycles. The lowest BCUT2D eigenvalue weighted by Gasteiger charge is -2.12. The molecule has 1 N–H and O–H groups in total. The Kier molecular flexibility index (Phi) is 5.81. The number of ether oxygens (including phenoxy) is 2. The van der Waals surface area contributed by atoms with Gasteiger partial charge in [-0.05, 0) is 56.2 Å². The topological polar surface area (TPSA) is 81.7 Å². The molecule has 2 rings (SSSR count). The Labute approximate surface area is 147 Å². The van der Waals surface area contributed by atoms with Gasteiger partial charge in [-0.3, -0.25) is 4.79 Å². The summed E-state index contributed by atoms with van der Waals surface area (Å²) in [7, 11) is -2.32. The highest BCUT2D eigenvalue weighted by atomic mass is 32.2. The molecule has 0 aromatic heterocycles. The minimum Gasteiger partial charge on any atom is -0.496 e. The van der Waals surface area contributed by atoms with Gasteiger partial charge in [-0.25, -0.2) is 8.42 Å². The lowest BCUT2D eigenvalue weighted by Crippen LogP contribution is -2.32. The van der Waals surface area contributed by atoms with Crippen LogP contribution in [0.1, 0.15) is 16.7 Å². The minimum atomic E-state index is -3.84. The fourth-order valence-corrected chi connectivity index (χ4v) is 3.56. The van der Waals surface area contributed by atoms with E-state index in [1.165, 1.54) is 13.2 Å². The van der Waals surface area contributed by atoms with Crippen molar-refractivity contribution in [3.8, 4) is 11.5 Å². The molecule has 0 aliphatic rings. The lowest BCUT2D eigenvalue weighted by molar-refractivity contribution is -0.133. The molecule has 25 heavy (non-hydrogen) atoms. The Morgan fingerprint density at radius 3 is 2.28 bits per heavy atom. The molecule has 0 bridgehead atoms. The molecule has 0 aliphatic heterocycles. The second-order valence-corrected chi connectivity index (χ2v) is 7.43. The van der Waals surface area contributed by atoms with Gasteiger partial charge in [0, 0.05) is 0 Å². The maximum absolute atomic E-state index is 12.4. The van der Waals surface area contributed by atoms with Gasteiger partial charge in [0.1, 0.15) is 18.0 Å². The molecular formula is C18H21NO5S. The van der Waals surface area contributed by atoms with E-state index in [2.05, 4.69) is 4.72 Å². The molecule has 0 amide bonds. The second-order valence-electron chi connectivity index (χ2n) is 5.70. The number of sulfonamides is 1. The highest BCUT2D eigenvalue weighted by molar-refractivity contribution is 7.89. The van der Waals surface area contributed by atoms with Crippen molar-refractivity contribution in [1.29, 1.82) is 0 Å². The number of hydrogen-bond acceptors (Lipinski definition) is 5. The first kappa shape index (κ1) is 19.0. The first-order valence-corrected chi connectivity index (χ1v) is 9.13. The molecular weight excluding hydrogens is 342 g/mol. The Hall–Kier alpha value is -2.38. The standard InChI is InChI=1S/C18H21NO5S/c1-12-5-7-15(8-6-12)24-18(20)11-19-25(21,22)17-10-13(2)16(23-4)9-14(17)3/h5-10,19H,11H2,1-4H3. The molecule has 0 radical (unpaired) electrons. The van der Waals surface area contributed by atoms with Crippen LogP contribution < -0.4 is 14.2 Å². The van der Waals surface area contributed by atoms with Crippen LogP contribution in [0, 0.1) is 20.8 Å². The van der Waals surface area contributed by atoms with Crippen LogP contribution in [0.25, 0.3) is 0 Å². The molecule has 0 unspecified atom stereocenters. The van der Waals surface area contributed by atoms with Gasteiger partial charge in [0.25, 0.3) is 0 Å². The molecule has 134 valence electrons. The number of methoxy groups -OCH3 is 1. The average Bonchev–Trinajstić information content (AvgIpc) is 2.57. The first-order valence-electron chi connectivity index (χ1n) is 7.65. The van der Waals surface area contributed by atoms with E-state index in [1.807, 2.05) is 6.92 Å². The number of nitrogens with one attached hydrogen (secondary N) is 1. The Bertz CT molecular complexity index is 873. The summed E-state index contributed by atoms with van der Waals surface area (Å²) in [5, 5.41) is 0. The Morgan fingerprint density at radius 1 is 1.04 bits per heavy atom. The zero-order valence-corrected chi connectivity index (χ0v) is 15.4. The van der Waals surface area contributed by atoms with Gasteiger partial charge in [-0.15, -0.1) is 0 Å². The predicted molar refractivity (Wildman–Crippen MR) is 94.5 cm³/mol. The van der Waals surface area contributed by atoms with E-state index in [4.69, 9.17) is 9.47 Å². The normalized spacial score (nSPS) is 11.2. The summed E-state index contributed by atoms with van der Waals surface area (Å²) in [5.74, 6) is 0.289. The van der Waals surface area contributed by atoms with Crippen LogP contribution in [0.4, 0.5) is 0 Å². The lowest BCUT2D eigenvalue weighted by atomic mass is 10.1. The molecule has 0 atom stereocenters. The van der Waals surface area contributed by atoms with Crippen molar-refractivity contribution in [2.75, 3.05) is 13.7 Å². The third kappa shape index (κ3) is 4.80. The van der Waals surface area contributed by atoms with Gasteiger partial charge in [0.15, 0.2) is 0 Å². The maximum Gasteiger partial charge on any atom is 0.326 e. The van der Waals surface area contributed by atoms with Crippen LogP contribution >= 0.6 is 0 Å². The molecule has 0 heterocycles. The van der Waals surface area contributed by atoms with E-state index in [-0.39, 0.29) is 4.90 Å². The number of hydrogen-bond donors (Lipinski definition) is 1. The Morgan fingerprint density at radius 2 is 1.68 bits per heavy atom.